The van der Waals surface area contributed by atoms with E-state index in [-0.39, 0.29) is 6.04 Å². The Morgan fingerprint density at radius 3 is 2.32 bits per heavy atom. The molecule has 7 nitrogen and oxygen atoms in total. The SMILES string of the molecule is CN=C(NCc1ccccc1S(=O)(=O)N(C)C)NCC(c1ccccc1)N1CCCC1. The smallest absolute Gasteiger partial charge is 0.242 e. The Bertz CT molecular complexity index is 970. The zero-order valence-electron chi connectivity index (χ0n) is 18.6. The second-order valence-electron chi connectivity index (χ2n) is 7.87. The van der Waals surface area contributed by atoms with Crippen LogP contribution in [0, 0.1) is 0 Å². The van der Waals surface area contributed by atoms with Crippen LogP contribution in [0.5, 0.6) is 0 Å². The van der Waals surface area contributed by atoms with E-state index in [1.165, 1.54) is 22.7 Å². The first kappa shape index (κ1) is 23.2. The summed E-state index contributed by atoms with van der Waals surface area (Å²) >= 11 is 0. The molecule has 0 amide bonds. The van der Waals surface area contributed by atoms with Crippen molar-refractivity contribution in [3.63, 3.8) is 0 Å². The van der Waals surface area contributed by atoms with Gasteiger partial charge in [0, 0.05) is 34.2 Å². The van der Waals surface area contributed by atoms with Crippen molar-refractivity contribution in [1.29, 1.82) is 0 Å². The van der Waals surface area contributed by atoms with Gasteiger partial charge in [0.05, 0.1) is 10.9 Å². The van der Waals surface area contributed by atoms with Crippen LogP contribution < -0.4 is 10.6 Å². The number of nitrogens with one attached hydrogen (secondary N) is 2. The van der Waals surface area contributed by atoms with Gasteiger partial charge in [0.15, 0.2) is 5.96 Å². The fourth-order valence-corrected chi connectivity index (χ4v) is 4.99. The number of benzene rings is 2. The largest absolute Gasteiger partial charge is 0.354 e. The van der Waals surface area contributed by atoms with Gasteiger partial charge in [-0.2, -0.15) is 0 Å². The van der Waals surface area contributed by atoms with Gasteiger partial charge in [0.2, 0.25) is 10.0 Å². The van der Waals surface area contributed by atoms with Crippen LogP contribution in [0.25, 0.3) is 0 Å². The van der Waals surface area contributed by atoms with E-state index in [1.807, 2.05) is 18.2 Å². The number of hydrogen-bond acceptors (Lipinski definition) is 4. The van der Waals surface area contributed by atoms with Crippen LogP contribution in [-0.2, 0) is 16.6 Å². The van der Waals surface area contributed by atoms with Crippen LogP contribution in [0.15, 0.2) is 64.5 Å². The van der Waals surface area contributed by atoms with Crippen LogP contribution in [0.1, 0.15) is 30.0 Å². The average molecular weight is 444 g/mol. The summed E-state index contributed by atoms with van der Waals surface area (Å²) in [5.74, 6) is 0.650. The maximum absolute atomic E-state index is 12.6. The first-order valence-electron chi connectivity index (χ1n) is 10.7. The molecular weight excluding hydrogens is 410 g/mol. The number of sulfonamides is 1. The van der Waals surface area contributed by atoms with Crippen LogP contribution in [0.2, 0.25) is 0 Å². The minimum Gasteiger partial charge on any atom is -0.354 e. The molecule has 31 heavy (non-hydrogen) atoms. The Morgan fingerprint density at radius 2 is 1.68 bits per heavy atom. The Labute approximate surface area is 186 Å². The second kappa shape index (κ2) is 10.7. The Hall–Kier alpha value is -2.42. The summed E-state index contributed by atoms with van der Waals surface area (Å²) in [6, 6.07) is 17.9. The van der Waals surface area contributed by atoms with E-state index in [4.69, 9.17) is 0 Å². The van der Waals surface area contributed by atoms with E-state index in [2.05, 4.69) is 44.8 Å². The molecular formula is C23H33N5O2S. The maximum atomic E-state index is 12.6. The summed E-state index contributed by atoms with van der Waals surface area (Å²) in [7, 11) is 1.31. The fraction of sp³-hybridized carbons (Fsp3) is 0.435. The number of likely N-dealkylation sites (tertiary alicyclic amines) is 1. The van der Waals surface area contributed by atoms with Crippen molar-refractivity contribution in [2.75, 3.05) is 40.8 Å². The number of rotatable bonds is 8. The van der Waals surface area contributed by atoms with E-state index < -0.39 is 10.0 Å². The first-order valence-corrected chi connectivity index (χ1v) is 12.1. The molecule has 168 valence electrons. The summed E-state index contributed by atoms with van der Waals surface area (Å²) in [4.78, 5) is 7.15. The number of hydrogen-bond donors (Lipinski definition) is 2. The highest BCUT2D eigenvalue weighted by Crippen LogP contribution is 2.24. The zero-order valence-corrected chi connectivity index (χ0v) is 19.4. The molecule has 1 aliphatic heterocycles. The Balaban J connectivity index is 1.67. The van der Waals surface area contributed by atoms with Crippen LogP contribution in [0.3, 0.4) is 0 Å². The molecule has 0 aromatic heterocycles. The molecule has 0 saturated carbocycles. The van der Waals surface area contributed by atoms with Gasteiger partial charge in [-0.3, -0.25) is 9.89 Å². The molecule has 1 fully saturated rings. The third kappa shape index (κ3) is 5.84. The molecule has 0 bridgehead atoms. The van der Waals surface area contributed by atoms with Gasteiger partial charge in [-0.25, -0.2) is 12.7 Å². The highest BCUT2D eigenvalue weighted by atomic mass is 32.2. The van der Waals surface area contributed by atoms with Crippen molar-refractivity contribution in [2.45, 2.75) is 30.3 Å². The molecule has 1 atom stereocenters. The predicted molar refractivity (Wildman–Crippen MR) is 126 cm³/mol. The number of aliphatic imine (C=N–C) groups is 1. The lowest BCUT2D eigenvalue weighted by atomic mass is 10.1. The number of nitrogens with zero attached hydrogens (tertiary/aromatic N) is 3. The molecule has 8 heteroatoms. The molecule has 1 unspecified atom stereocenters. The normalized spacial score (nSPS) is 16.5. The fourth-order valence-electron chi connectivity index (χ4n) is 3.88. The molecule has 1 aliphatic rings. The van der Waals surface area contributed by atoms with Crippen molar-refractivity contribution >= 4 is 16.0 Å². The van der Waals surface area contributed by atoms with Gasteiger partial charge in [-0.15, -0.1) is 0 Å². The van der Waals surface area contributed by atoms with Gasteiger partial charge in [0.25, 0.3) is 0 Å². The molecule has 3 rings (SSSR count). The molecule has 1 saturated heterocycles. The predicted octanol–water partition coefficient (Wildman–Crippen LogP) is 2.44. The van der Waals surface area contributed by atoms with Gasteiger partial charge in [0.1, 0.15) is 0 Å². The van der Waals surface area contributed by atoms with E-state index in [1.54, 1.807) is 33.3 Å². The summed E-state index contributed by atoms with van der Waals surface area (Å²) in [5, 5.41) is 6.71. The van der Waals surface area contributed by atoms with Crippen molar-refractivity contribution in [1.82, 2.24) is 19.8 Å². The van der Waals surface area contributed by atoms with Gasteiger partial charge in [-0.1, -0.05) is 48.5 Å². The standard InChI is InChI=1S/C23H33N5O2S/c1-24-23(25-17-20-13-7-8-14-22(20)31(29,30)27(2)3)26-18-21(28-15-9-10-16-28)19-11-5-4-6-12-19/h4-8,11-14,21H,9-10,15-18H2,1-3H3,(H2,24,25,26). The second-order valence-corrected chi connectivity index (χ2v) is 9.99. The summed E-state index contributed by atoms with van der Waals surface area (Å²) in [6.45, 7) is 3.29. The molecule has 2 N–H and O–H groups in total. The van der Waals surface area contributed by atoms with Gasteiger partial charge >= 0.3 is 0 Å². The minimum atomic E-state index is -3.51. The summed E-state index contributed by atoms with van der Waals surface area (Å²) in [5.41, 5.74) is 1.99. The Kier molecular flexibility index (Phi) is 8.06. The van der Waals surface area contributed by atoms with E-state index in [0.717, 1.165) is 19.6 Å². The van der Waals surface area contributed by atoms with Crippen molar-refractivity contribution < 1.29 is 8.42 Å². The molecule has 0 spiro atoms. The zero-order chi connectivity index (χ0) is 22.3. The first-order chi connectivity index (χ1) is 14.9. The number of guanidine groups is 1. The van der Waals surface area contributed by atoms with Crippen LogP contribution >= 0.6 is 0 Å². The van der Waals surface area contributed by atoms with Crippen LogP contribution in [-0.4, -0.2) is 64.4 Å². The maximum Gasteiger partial charge on any atom is 0.242 e. The van der Waals surface area contributed by atoms with Gasteiger partial charge in [-0.05, 0) is 43.1 Å². The lowest BCUT2D eigenvalue weighted by molar-refractivity contribution is 0.245. The lowest BCUT2D eigenvalue weighted by Crippen LogP contribution is -2.42. The van der Waals surface area contributed by atoms with E-state index in [0.29, 0.717) is 23.0 Å². The van der Waals surface area contributed by atoms with Crippen molar-refractivity contribution in [3.8, 4) is 0 Å². The average Bonchev–Trinajstić information content (AvgIpc) is 3.31. The van der Waals surface area contributed by atoms with Crippen LogP contribution in [0.4, 0.5) is 0 Å². The third-order valence-corrected chi connectivity index (χ3v) is 7.55. The quantitative estimate of drug-likeness (QED) is 0.484. The summed E-state index contributed by atoms with van der Waals surface area (Å²) < 4.78 is 26.5. The van der Waals surface area contributed by atoms with Gasteiger partial charge < -0.3 is 10.6 Å². The molecule has 2 aromatic carbocycles. The molecule has 2 aromatic rings. The monoisotopic (exact) mass is 443 g/mol. The topological polar surface area (TPSA) is 77.0 Å². The highest BCUT2D eigenvalue weighted by Gasteiger charge is 2.24. The Morgan fingerprint density at radius 1 is 1.03 bits per heavy atom. The third-order valence-electron chi connectivity index (χ3n) is 5.63. The van der Waals surface area contributed by atoms with E-state index in [9.17, 15) is 8.42 Å². The molecule has 1 heterocycles. The van der Waals surface area contributed by atoms with E-state index >= 15 is 0 Å². The molecule has 0 aliphatic carbocycles. The van der Waals surface area contributed by atoms with Crippen molar-refractivity contribution in [3.05, 3.63) is 65.7 Å². The minimum absolute atomic E-state index is 0.267. The highest BCUT2D eigenvalue weighted by molar-refractivity contribution is 7.89. The van der Waals surface area contributed by atoms with Crippen molar-refractivity contribution in [2.24, 2.45) is 4.99 Å². The lowest BCUT2D eigenvalue weighted by Gasteiger charge is -2.29. The molecule has 0 radical (unpaired) electrons. The summed E-state index contributed by atoms with van der Waals surface area (Å²) in [6.07, 6.45) is 2.46.